The number of aliphatic hydroxyl groups excluding tert-OH is 8. The molecule has 0 aromatic carbocycles. The molecule has 1 amide bonds. The van der Waals surface area contributed by atoms with Gasteiger partial charge in [0.05, 0.1) is 32.0 Å². The number of unbranched alkanes of at least 4 members (excludes halogenated alkanes) is 21. The summed E-state index contributed by atoms with van der Waals surface area (Å²) in [4.78, 5) is 12.7. The Labute approximate surface area is 343 Å². The molecule has 57 heavy (non-hydrogen) atoms. The Morgan fingerprint density at radius 2 is 1.00 bits per heavy atom. The molecular weight excluding hydrogens is 738 g/mol. The topological polar surface area (TPSA) is 228 Å². The van der Waals surface area contributed by atoms with Gasteiger partial charge < -0.3 is 65.1 Å². The summed E-state index contributed by atoms with van der Waals surface area (Å²) in [5.41, 5.74) is 0. The summed E-state index contributed by atoms with van der Waals surface area (Å²) in [6.07, 6.45) is 12.6. The SMILES string of the molecule is CCCCCCCCCCCCCCCCCCCCCCCC(O)C(COC1OC(CO)C(OC2OC(CO)C(O)C(O)C2O)C(O)C1O)NC(=O)CCCC. The number of nitrogens with one attached hydrogen (secondary N) is 1. The molecule has 0 spiro atoms. The highest BCUT2D eigenvalue weighted by Gasteiger charge is 2.51. The van der Waals surface area contributed by atoms with Crippen molar-refractivity contribution >= 4 is 5.91 Å². The van der Waals surface area contributed by atoms with Gasteiger partial charge in [0.25, 0.3) is 0 Å². The van der Waals surface area contributed by atoms with Gasteiger partial charge >= 0.3 is 0 Å². The molecule has 0 aromatic heterocycles. The predicted molar refractivity (Wildman–Crippen MR) is 217 cm³/mol. The fourth-order valence-corrected chi connectivity index (χ4v) is 7.74. The van der Waals surface area contributed by atoms with E-state index in [-0.39, 0.29) is 18.9 Å². The number of amides is 1. The molecule has 0 aliphatic carbocycles. The van der Waals surface area contributed by atoms with Crippen LogP contribution < -0.4 is 5.32 Å². The van der Waals surface area contributed by atoms with Gasteiger partial charge in [-0.2, -0.15) is 0 Å². The Balaban J connectivity index is 1.68. The zero-order valence-corrected chi connectivity index (χ0v) is 35.3. The van der Waals surface area contributed by atoms with E-state index >= 15 is 0 Å². The van der Waals surface area contributed by atoms with E-state index in [2.05, 4.69) is 12.2 Å². The fraction of sp³-hybridized carbons (Fsp3) is 0.977. The van der Waals surface area contributed by atoms with Crippen molar-refractivity contribution in [3.8, 4) is 0 Å². The minimum absolute atomic E-state index is 0.241. The highest BCUT2D eigenvalue weighted by atomic mass is 16.7. The van der Waals surface area contributed by atoms with E-state index in [0.29, 0.717) is 12.8 Å². The monoisotopic (exact) mass is 822 g/mol. The molecule has 14 heteroatoms. The lowest BCUT2D eigenvalue weighted by Gasteiger charge is -2.46. The van der Waals surface area contributed by atoms with E-state index in [1.807, 2.05) is 6.92 Å². The second-order valence-electron chi connectivity index (χ2n) is 16.5. The molecule has 338 valence electrons. The number of aliphatic hydroxyl groups is 8. The van der Waals surface area contributed by atoms with Gasteiger partial charge in [-0.1, -0.05) is 155 Å². The van der Waals surface area contributed by atoms with Crippen molar-refractivity contribution in [3.63, 3.8) is 0 Å². The van der Waals surface area contributed by atoms with Crippen LogP contribution in [0.1, 0.15) is 174 Å². The Morgan fingerprint density at radius 3 is 1.47 bits per heavy atom. The third-order valence-electron chi connectivity index (χ3n) is 11.6. The van der Waals surface area contributed by atoms with Crippen molar-refractivity contribution < 1.29 is 64.6 Å². The summed E-state index contributed by atoms with van der Waals surface area (Å²) in [7, 11) is 0. The molecule has 0 saturated carbocycles. The van der Waals surface area contributed by atoms with Crippen LogP contribution in [0.2, 0.25) is 0 Å². The van der Waals surface area contributed by atoms with Crippen molar-refractivity contribution in [1.82, 2.24) is 5.32 Å². The van der Waals surface area contributed by atoms with Crippen molar-refractivity contribution in [2.75, 3.05) is 19.8 Å². The predicted octanol–water partition coefficient (Wildman–Crippen LogP) is 4.27. The van der Waals surface area contributed by atoms with Gasteiger partial charge in [0.2, 0.25) is 5.91 Å². The number of hydrogen-bond acceptors (Lipinski definition) is 13. The standard InChI is InChI=1S/C43H83NO13/c1-3-5-7-8-9-10-11-12-13-14-15-16-17-18-19-20-21-22-23-24-25-26-32(47)31(44-35(48)27-6-4-2)30-54-42-40(53)38(51)41(34(29-46)56-42)57-43-39(52)37(50)36(49)33(28-45)55-43/h31-34,36-43,45-47,49-53H,3-30H2,1-2H3,(H,44,48). The lowest BCUT2D eigenvalue weighted by Crippen LogP contribution is -2.65. The second-order valence-corrected chi connectivity index (χ2v) is 16.5. The van der Waals surface area contributed by atoms with E-state index in [0.717, 1.165) is 32.1 Å². The van der Waals surface area contributed by atoms with Crippen LogP contribution >= 0.6 is 0 Å². The number of hydrogen-bond donors (Lipinski definition) is 9. The summed E-state index contributed by atoms with van der Waals surface area (Å²) < 4.78 is 22.5. The summed E-state index contributed by atoms with van der Waals surface area (Å²) in [6, 6.07) is -0.817. The van der Waals surface area contributed by atoms with Crippen LogP contribution in [-0.4, -0.2) is 140 Å². The van der Waals surface area contributed by atoms with Crippen molar-refractivity contribution in [2.45, 2.75) is 248 Å². The van der Waals surface area contributed by atoms with Crippen LogP contribution in [0, 0.1) is 0 Å². The summed E-state index contributed by atoms with van der Waals surface area (Å²) in [5, 5.41) is 85.9. The smallest absolute Gasteiger partial charge is 0.220 e. The lowest BCUT2D eigenvalue weighted by molar-refractivity contribution is -0.359. The van der Waals surface area contributed by atoms with E-state index < -0.39 is 86.8 Å². The number of rotatable bonds is 34. The molecule has 12 atom stereocenters. The quantitative estimate of drug-likeness (QED) is 0.0414. The Hall–Kier alpha value is -1.01. The van der Waals surface area contributed by atoms with Gasteiger partial charge in [0.1, 0.15) is 48.8 Å². The minimum atomic E-state index is -1.78. The Morgan fingerprint density at radius 1 is 0.561 bits per heavy atom. The van der Waals surface area contributed by atoms with Crippen molar-refractivity contribution in [2.24, 2.45) is 0 Å². The van der Waals surface area contributed by atoms with E-state index in [1.54, 1.807) is 0 Å². The molecule has 2 heterocycles. The van der Waals surface area contributed by atoms with Gasteiger partial charge in [0.15, 0.2) is 12.6 Å². The molecule has 14 nitrogen and oxygen atoms in total. The molecule has 2 fully saturated rings. The first-order valence-electron chi connectivity index (χ1n) is 22.8. The van der Waals surface area contributed by atoms with Gasteiger partial charge in [-0.3, -0.25) is 4.79 Å². The molecule has 0 bridgehead atoms. The van der Waals surface area contributed by atoms with E-state index in [4.69, 9.17) is 18.9 Å². The number of ether oxygens (including phenoxy) is 4. The van der Waals surface area contributed by atoms with Crippen LogP contribution in [0.25, 0.3) is 0 Å². The molecule has 12 unspecified atom stereocenters. The first-order valence-corrected chi connectivity index (χ1v) is 22.8. The number of carbonyl (C=O) groups is 1. The minimum Gasteiger partial charge on any atom is -0.394 e. The first kappa shape index (κ1) is 52.1. The molecule has 9 N–H and O–H groups in total. The van der Waals surface area contributed by atoms with Gasteiger partial charge in [-0.15, -0.1) is 0 Å². The number of carbonyl (C=O) groups excluding carboxylic acids is 1. The molecule has 0 radical (unpaired) electrons. The van der Waals surface area contributed by atoms with E-state index in [1.165, 1.54) is 109 Å². The summed E-state index contributed by atoms with van der Waals surface area (Å²) >= 11 is 0. The highest BCUT2D eigenvalue weighted by molar-refractivity contribution is 5.76. The fourth-order valence-electron chi connectivity index (χ4n) is 7.74. The van der Waals surface area contributed by atoms with Crippen LogP contribution in [0.15, 0.2) is 0 Å². The van der Waals surface area contributed by atoms with Crippen LogP contribution in [-0.2, 0) is 23.7 Å². The average Bonchev–Trinajstić information content (AvgIpc) is 3.21. The first-order chi connectivity index (χ1) is 27.6. The zero-order chi connectivity index (χ0) is 41.8. The summed E-state index contributed by atoms with van der Waals surface area (Å²) in [6.45, 7) is 2.60. The molecule has 2 rings (SSSR count). The maximum atomic E-state index is 12.7. The van der Waals surface area contributed by atoms with Gasteiger partial charge in [0, 0.05) is 6.42 Å². The van der Waals surface area contributed by atoms with Crippen LogP contribution in [0.4, 0.5) is 0 Å². The lowest BCUT2D eigenvalue weighted by atomic mass is 9.97. The molecule has 2 aliphatic rings. The van der Waals surface area contributed by atoms with Crippen LogP contribution in [0.3, 0.4) is 0 Å². The van der Waals surface area contributed by atoms with Gasteiger partial charge in [-0.05, 0) is 12.8 Å². The maximum Gasteiger partial charge on any atom is 0.220 e. The zero-order valence-electron chi connectivity index (χ0n) is 35.3. The van der Waals surface area contributed by atoms with E-state index in [9.17, 15) is 45.6 Å². The highest BCUT2D eigenvalue weighted by Crippen LogP contribution is 2.30. The average molecular weight is 822 g/mol. The Bertz CT molecular complexity index is 977. The second kappa shape index (κ2) is 31.8. The third kappa shape index (κ3) is 20.4. The van der Waals surface area contributed by atoms with Crippen molar-refractivity contribution in [3.05, 3.63) is 0 Å². The largest absolute Gasteiger partial charge is 0.394 e. The maximum absolute atomic E-state index is 12.7. The van der Waals surface area contributed by atoms with Crippen LogP contribution in [0.5, 0.6) is 0 Å². The normalized spacial score (nSPS) is 29.0. The molecule has 2 aliphatic heterocycles. The van der Waals surface area contributed by atoms with Gasteiger partial charge in [-0.25, -0.2) is 0 Å². The third-order valence-corrected chi connectivity index (χ3v) is 11.6. The molecular formula is C43H83NO13. The summed E-state index contributed by atoms with van der Waals surface area (Å²) in [5.74, 6) is -0.241. The Kier molecular flexibility index (Phi) is 29.1. The molecule has 2 saturated heterocycles. The molecule has 0 aromatic rings. The van der Waals surface area contributed by atoms with Crippen molar-refractivity contribution in [1.29, 1.82) is 0 Å².